The lowest BCUT2D eigenvalue weighted by atomic mass is 10.0. The third-order valence-electron chi connectivity index (χ3n) is 5.23. The number of anilines is 2. The number of carbonyl (C=O) groups is 2. The Hall–Kier alpha value is -3.67. The van der Waals surface area contributed by atoms with Crippen molar-refractivity contribution in [2.75, 3.05) is 16.8 Å². The van der Waals surface area contributed by atoms with Gasteiger partial charge in [0.25, 0.3) is 0 Å². The number of carbonyl (C=O) groups excluding carboxylic acids is 2. The van der Waals surface area contributed by atoms with Crippen molar-refractivity contribution in [1.82, 2.24) is 10.3 Å². The van der Waals surface area contributed by atoms with E-state index >= 15 is 0 Å². The SMILES string of the molecule is Cc1ccc(NC(=O)NC2CCCN(c3ccc(-c4cccnc4)cc3)C2=O)cc1. The fourth-order valence-electron chi connectivity index (χ4n) is 3.60. The summed E-state index contributed by atoms with van der Waals surface area (Å²) in [5.41, 5.74) is 4.72. The molecule has 1 atom stereocenters. The van der Waals surface area contributed by atoms with Crippen molar-refractivity contribution in [3.63, 3.8) is 0 Å². The summed E-state index contributed by atoms with van der Waals surface area (Å²) in [7, 11) is 0. The van der Waals surface area contributed by atoms with Crippen molar-refractivity contribution in [3.05, 3.63) is 78.6 Å². The molecule has 2 heterocycles. The van der Waals surface area contributed by atoms with E-state index in [4.69, 9.17) is 0 Å². The van der Waals surface area contributed by atoms with E-state index in [1.807, 2.05) is 73.8 Å². The number of amides is 3. The van der Waals surface area contributed by atoms with Gasteiger partial charge in [-0.2, -0.15) is 0 Å². The number of hydrogen-bond acceptors (Lipinski definition) is 3. The quantitative estimate of drug-likeness (QED) is 0.683. The van der Waals surface area contributed by atoms with Crippen LogP contribution in [0.1, 0.15) is 18.4 Å². The van der Waals surface area contributed by atoms with Crippen LogP contribution in [-0.4, -0.2) is 29.5 Å². The minimum atomic E-state index is -0.540. The van der Waals surface area contributed by atoms with Gasteiger partial charge in [0.15, 0.2) is 0 Å². The zero-order valence-electron chi connectivity index (χ0n) is 16.8. The average molecular weight is 400 g/mol. The van der Waals surface area contributed by atoms with Gasteiger partial charge in [0.05, 0.1) is 0 Å². The van der Waals surface area contributed by atoms with Crippen molar-refractivity contribution in [3.8, 4) is 11.1 Å². The highest BCUT2D eigenvalue weighted by molar-refractivity contribution is 6.01. The molecule has 3 aromatic rings. The second-order valence-electron chi connectivity index (χ2n) is 7.44. The van der Waals surface area contributed by atoms with Crippen LogP contribution in [0.5, 0.6) is 0 Å². The van der Waals surface area contributed by atoms with Crippen LogP contribution < -0.4 is 15.5 Å². The standard InChI is InChI=1S/C24H24N4O2/c1-17-6-10-20(11-7-17)26-24(30)27-22-5-3-15-28(23(22)29)21-12-8-18(9-13-21)19-4-2-14-25-16-19/h2,4,6-14,16,22H,3,5,15H2,1H3,(H2,26,27,30). The van der Waals surface area contributed by atoms with E-state index in [2.05, 4.69) is 15.6 Å². The minimum absolute atomic E-state index is 0.0885. The monoisotopic (exact) mass is 400 g/mol. The van der Waals surface area contributed by atoms with E-state index in [-0.39, 0.29) is 11.9 Å². The molecule has 0 aliphatic carbocycles. The third-order valence-corrected chi connectivity index (χ3v) is 5.23. The molecule has 1 unspecified atom stereocenters. The molecule has 3 amide bonds. The van der Waals surface area contributed by atoms with E-state index < -0.39 is 6.04 Å². The molecular formula is C24H24N4O2. The Morgan fingerprint density at radius 3 is 2.50 bits per heavy atom. The fourth-order valence-corrected chi connectivity index (χ4v) is 3.60. The number of benzene rings is 2. The molecule has 1 aliphatic heterocycles. The Balaban J connectivity index is 1.41. The molecule has 4 rings (SSSR count). The Kier molecular flexibility index (Phi) is 5.75. The van der Waals surface area contributed by atoms with Crippen LogP contribution in [0.15, 0.2) is 73.1 Å². The molecule has 1 aliphatic rings. The number of aromatic nitrogens is 1. The number of aryl methyl sites for hydroxylation is 1. The summed E-state index contributed by atoms with van der Waals surface area (Å²) >= 11 is 0. The van der Waals surface area contributed by atoms with Gasteiger partial charge < -0.3 is 15.5 Å². The molecule has 0 bridgehead atoms. The molecule has 6 nitrogen and oxygen atoms in total. The fraction of sp³-hybridized carbons (Fsp3) is 0.208. The molecule has 0 radical (unpaired) electrons. The average Bonchev–Trinajstić information content (AvgIpc) is 2.78. The van der Waals surface area contributed by atoms with E-state index in [1.54, 1.807) is 11.1 Å². The molecule has 6 heteroatoms. The topological polar surface area (TPSA) is 74.3 Å². The molecule has 2 aromatic carbocycles. The van der Waals surface area contributed by atoms with E-state index in [0.29, 0.717) is 18.7 Å². The maximum absolute atomic E-state index is 13.0. The predicted molar refractivity (Wildman–Crippen MR) is 118 cm³/mol. The van der Waals surface area contributed by atoms with Crippen molar-refractivity contribution in [2.24, 2.45) is 0 Å². The summed E-state index contributed by atoms with van der Waals surface area (Å²) in [6.07, 6.45) is 5.01. The number of urea groups is 1. The molecule has 1 fully saturated rings. The zero-order chi connectivity index (χ0) is 20.9. The maximum atomic E-state index is 13.0. The van der Waals surface area contributed by atoms with E-state index in [9.17, 15) is 9.59 Å². The Bertz CT molecular complexity index is 1020. The molecule has 152 valence electrons. The second kappa shape index (κ2) is 8.78. The van der Waals surface area contributed by atoms with Gasteiger partial charge in [0.1, 0.15) is 6.04 Å². The zero-order valence-corrected chi connectivity index (χ0v) is 16.8. The van der Waals surface area contributed by atoms with Gasteiger partial charge in [-0.1, -0.05) is 35.9 Å². The van der Waals surface area contributed by atoms with Crippen LogP contribution in [0.2, 0.25) is 0 Å². The highest BCUT2D eigenvalue weighted by Crippen LogP contribution is 2.25. The number of rotatable bonds is 4. The Morgan fingerprint density at radius 2 is 1.80 bits per heavy atom. The molecular weight excluding hydrogens is 376 g/mol. The first kappa shape index (κ1) is 19.6. The van der Waals surface area contributed by atoms with E-state index in [1.165, 1.54) is 0 Å². The van der Waals surface area contributed by atoms with Crippen LogP contribution in [0.3, 0.4) is 0 Å². The first-order valence-electron chi connectivity index (χ1n) is 10.1. The van der Waals surface area contributed by atoms with Gasteiger partial charge >= 0.3 is 6.03 Å². The second-order valence-corrected chi connectivity index (χ2v) is 7.44. The maximum Gasteiger partial charge on any atom is 0.319 e. The molecule has 0 spiro atoms. The van der Waals surface area contributed by atoms with Gasteiger partial charge in [0.2, 0.25) is 5.91 Å². The van der Waals surface area contributed by atoms with Crippen LogP contribution in [0.4, 0.5) is 16.2 Å². The van der Waals surface area contributed by atoms with Crippen molar-refractivity contribution < 1.29 is 9.59 Å². The number of nitrogens with one attached hydrogen (secondary N) is 2. The Labute approximate surface area is 175 Å². The first-order valence-corrected chi connectivity index (χ1v) is 10.1. The highest BCUT2D eigenvalue weighted by atomic mass is 16.2. The summed E-state index contributed by atoms with van der Waals surface area (Å²) < 4.78 is 0. The van der Waals surface area contributed by atoms with E-state index in [0.717, 1.165) is 28.8 Å². The lowest BCUT2D eigenvalue weighted by Crippen LogP contribution is -2.53. The number of pyridine rings is 1. The van der Waals surface area contributed by atoms with Crippen molar-refractivity contribution in [2.45, 2.75) is 25.8 Å². The van der Waals surface area contributed by atoms with Gasteiger partial charge in [-0.25, -0.2) is 4.79 Å². The predicted octanol–water partition coefficient (Wildman–Crippen LogP) is 4.37. The Morgan fingerprint density at radius 1 is 1.03 bits per heavy atom. The normalized spacial score (nSPS) is 16.2. The highest BCUT2D eigenvalue weighted by Gasteiger charge is 2.30. The molecule has 1 aromatic heterocycles. The van der Waals surface area contributed by atoms with Gasteiger partial charge in [-0.05, 0) is 61.2 Å². The van der Waals surface area contributed by atoms with Gasteiger partial charge in [0, 0.05) is 30.3 Å². The van der Waals surface area contributed by atoms with Gasteiger partial charge in [-0.15, -0.1) is 0 Å². The van der Waals surface area contributed by atoms with Crippen LogP contribution in [-0.2, 0) is 4.79 Å². The third kappa shape index (κ3) is 4.49. The van der Waals surface area contributed by atoms with Crippen LogP contribution >= 0.6 is 0 Å². The first-order chi connectivity index (χ1) is 14.6. The smallest absolute Gasteiger partial charge is 0.319 e. The largest absolute Gasteiger partial charge is 0.326 e. The summed E-state index contributed by atoms with van der Waals surface area (Å²) in [5, 5.41) is 5.61. The number of hydrogen-bond donors (Lipinski definition) is 2. The lowest BCUT2D eigenvalue weighted by molar-refractivity contribution is -0.121. The molecule has 0 saturated carbocycles. The summed E-state index contributed by atoms with van der Waals surface area (Å²) in [6, 6.07) is 18.4. The summed E-state index contributed by atoms with van der Waals surface area (Å²) in [6.45, 7) is 2.63. The molecule has 1 saturated heterocycles. The van der Waals surface area contributed by atoms with Crippen LogP contribution in [0.25, 0.3) is 11.1 Å². The van der Waals surface area contributed by atoms with Crippen molar-refractivity contribution in [1.29, 1.82) is 0 Å². The number of nitrogens with zero attached hydrogens (tertiary/aromatic N) is 2. The summed E-state index contributed by atoms with van der Waals surface area (Å²) in [5.74, 6) is -0.0885. The minimum Gasteiger partial charge on any atom is -0.326 e. The molecule has 2 N–H and O–H groups in total. The van der Waals surface area contributed by atoms with Crippen LogP contribution in [0, 0.1) is 6.92 Å². The molecule has 30 heavy (non-hydrogen) atoms. The lowest BCUT2D eigenvalue weighted by Gasteiger charge is -2.32. The van der Waals surface area contributed by atoms with Gasteiger partial charge in [-0.3, -0.25) is 9.78 Å². The number of piperidine rings is 1. The van der Waals surface area contributed by atoms with Crippen molar-refractivity contribution >= 4 is 23.3 Å². The summed E-state index contributed by atoms with van der Waals surface area (Å²) in [4.78, 5) is 31.2.